The maximum atomic E-state index is 12.0. The average Bonchev–Trinajstić information content (AvgIpc) is 2.87. The first-order chi connectivity index (χ1) is 10.1. The van der Waals surface area contributed by atoms with Crippen molar-refractivity contribution in [1.29, 1.82) is 0 Å². The minimum Gasteiger partial charge on any atom is -0.497 e. The largest absolute Gasteiger partial charge is 0.497 e. The van der Waals surface area contributed by atoms with Crippen molar-refractivity contribution < 1.29 is 9.53 Å². The van der Waals surface area contributed by atoms with Crippen LogP contribution in [-0.4, -0.2) is 13.0 Å². The third-order valence-corrected chi connectivity index (χ3v) is 4.22. The fourth-order valence-electron chi connectivity index (χ4n) is 2.03. The molecule has 112 valence electrons. The molecule has 0 radical (unpaired) electrons. The summed E-state index contributed by atoms with van der Waals surface area (Å²) in [6.45, 7) is 2.09. The predicted octanol–water partition coefficient (Wildman–Crippen LogP) is 3.61. The maximum absolute atomic E-state index is 12.0. The monoisotopic (exact) mass is 304 g/mol. The number of thiophene rings is 1. The van der Waals surface area contributed by atoms with Gasteiger partial charge in [0, 0.05) is 22.2 Å². The minimum atomic E-state index is -0.0248. The molecule has 3 N–H and O–H groups in total. The number of nitrogens with two attached hydrogens (primary N) is 1. The van der Waals surface area contributed by atoms with Crippen LogP contribution in [0.25, 0.3) is 0 Å². The standard InChI is InChI=1S/C16H20N2O2S/c1-11-6-8-13(21-11)4-3-5-16(19)18-15-10-12(20-2)7-9-14(15)17/h6-10H,3-5,17H2,1-2H3,(H,18,19). The van der Waals surface area contributed by atoms with E-state index in [1.54, 1.807) is 36.6 Å². The Labute approximate surface area is 128 Å². The second kappa shape index (κ2) is 7.13. The van der Waals surface area contributed by atoms with Crippen LogP contribution in [0.5, 0.6) is 5.75 Å². The van der Waals surface area contributed by atoms with Gasteiger partial charge in [-0.25, -0.2) is 0 Å². The Balaban J connectivity index is 1.84. The first-order valence-electron chi connectivity index (χ1n) is 6.87. The number of carbonyl (C=O) groups is 1. The molecule has 2 aromatic rings. The van der Waals surface area contributed by atoms with Gasteiger partial charge in [0.25, 0.3) is 0 Å². The van der Waals surface area contributed by atoms with E-state index in [0.717, 1.165) is 12.8 Å². The molecule has 0 unspecified atom stereocenters. The molecule has 2 rings (SSSR count). The predicted molar refractivity (Wildman–Crippen MR) is 88.0 cm³/mol. The summed E-state index contributed by atoms with van der Waals surface area (Å²) in [6, 6.07) is 9.46. The summed E-state index contributed by atoms with van der Waals surface area (Å²) < 4.78 is 5.13. The topological polar surface area (TPSA) is 64.3 Å². The molecule has 0 spiro atoms. The van der Waals surface area contributed by atoms with Gasteiger partial charge in [-0.15, -0.1) is 11.3 Å². The molecule has 0 fully saturated rings. The Morgan fingerprint density at radius 2 is 2.14 bits per heavy atom. The molecule has 0 saturated heterocycles. The van der Waals surface area contributed by atoms with E-state index in [-0.39, 0.29) is 5.91 Å². The van der Waals surface area contributed by atoms with Gasteiger partial charge >= 0.3 is 0 Å². The Morgan fingerprint density at radius 3 is 2.81 bits per heavy atom. The lowest BCUT2D eigenvalue weighted by Gasteiger charge is -2.09. The van der Waals surface area contributed by atoms with Crippen molar-refractivity contribution in [3.05, 3.63) is 40.1 Å². The molecule has 1 heterocycles. The molecule has 0 aliphatic rings. The summed E-state index contributed by atoms with van der Waals surface area (Å²) in [6.07, 6.45) is 2.24. The lowest BCUT2D eigenvalue weighted by Crippen LogP contribution is -2.12. The average molecular weight is 304 g/mol. The van der Waals surface area contributed by atoms with Gasteiger partial charge in [0.05, 0.1) is 18.5 Å². The van der Waals surface area contributed by atoms with E-state index in [4.69, 9.17) is 10.5 Å². The van der Waals surface area contributed by atoms with Crippen LogP contribution in [0.15, 0.2) is 30.3 Å². The third kappa shape index (κ3) is 4.49. The van der Waals surface area contributed by atoms with Crippen LogP contribution in [0.2, 0.25) is 0 Å². The second-order valence-corrected chi connectivity index (χ2v) is 6.24. The van der Waals surface area contributed by atoms with Crippen molar-refractivity contribution in [2.24, 2.45) is 0 Å². The molecule has 1 aromatic carbocycles. The zero-order valence-corrected chi connectivity index (χ0v) is 13.1. The van der Waals surface area contributed by atoms with Crippen molar-refractivity contribution >= 4 is 28.6 Å². The number of hydrogen-bond acceptors (Lipinski definition) is 4. The smallest absolute Gasteiger partial charge is 0.224 e. The van der Waals surface area contributed by atoms with Crippen LogP contribution >= 0.6 is 11.3 Å². The summed E-state index contributed by atoms with van der Waals surface area (Å²) in [5.74, 6) is 0.650. The van der Waals surface area contributed by atoms with Crippen molar-refractivity contribution in [3.8, 4) is 5.75 Å². The molecule has 4 nitrogen and oxygen atoms in total. The molecule has 5 heteroatoms. The number of carbonyl (C=O) groups excluding carboxylic acids is 1. The number of rotatable bonds is 6. The minimum absolute atomic E-state index is 0.0248. The SMILES string of the molecule is COc1ccc(N)c(NC(=O)CCCc2ccc(C)s2)c1. The number of methoxy groups -OCH3 is 1. The van der Waals surface area contributed by atoms with Crippen LogP contribution < -0.4 is 15.8 Å². The Bertz CT molecular complexity index is 622. The number of aryl methyl sites for hydroxylation is 2. The van der Waals surface area contributed by atoms with Crippen molar-refractivity contribution in [2.45, 2.75) is 26.2 Å². The summed E-state index contributed by atoms with van der Waals surface area (Å²) in [4.78, 5) is 14.6. The zero-order chi connectivity index (χ0) is 15.2. The number of ether oxygens (including phenoxy) is 1. The van der Waals surface area contributed by atoms with Crippen molar-refractivity contribution in [1.82, 2.24) is 0 Å². The molecule has 0 aliphatic heterocycles. The highest BCUT2D eigenvalue weighted by Crippen LogP contribution is 2.24. The number of amides is 1. The second-order valence-electron chi connectivity index (χ2n) is 4.87. The first kappa shape index (κ1) is 15.4. The highest BCUT2D eigenvalue weighted by molar-refractivity contribution is 7.11. The molecule has 0 aliphatic carbocycles. The lowest BCUT2D eigenvalue weighted by atomic mass is 10.2. The number of nitrogen functional groups attached to an aromatic ring is 1. The highest BCUT2D eigenvalue weighted by Gasteiger charge is 2.07. The van der Waals surface area contributed by atoms with E-state index in [1.165, 1.54) is 9.75 Å². The highest BCUT2D eigenvalue weighted by atomic mass is 32.1. The molecular formula is C16H20N2O2S. The van der Waals surface area contributed by atoms with Gasteiger partial charge < -0.3 is 15.8 Å². The normalized spacial score (nSPS) is 10.4. The van der Waals surface area contributed by atoms with Gasteiger partial charge in [0.15, 0.2) is 0 Å². The van der Waals surface area contributed by atoms with E-state index >= 15 is 0 Å². The Morgan fingerprint density at radius 1 is 1.33 bits per heavy atom. The number of hydrogen-bond donors (Lipinski definition) is 2. The molecule has 0 saturated carbocycles. The first-order valence-corrected chi connectivity index (χ1v) is 7.69. The third-order valence-electron chi connectivity index (χ3n) is 3.16. The number of benzene rings is 1. The van der Waals surface area contributed by atoms with Gasteiger partial charge in [-0.2, -0.15) is 0 Å². The molecule has 21 heavy (non-hydrogen) atoms. The van der Waals surface area contributed by atoms with Crippen LogP contribution in [0.1, 0.15) is 22.6 Å². The fraction of sp³-hybridized carbons (Fsp3) is 0.312. The van der Waals surface area contributed by atoms with Crippen LogP contribution in [0.3, 0.4) is 0 Å². The van der Waals surface area contributed by atoms with Crippen molar-refractivity contribution in [2.75, 3.05) is 18.2 Å². The molecular weight excluding hydrogens is 284 g/mol. The van der Waals surface area contributed by atoms with Crippen molar-refractivity contribution in [3.63, 3.8) is 0 Å². The molecule has 1 amide bonds. The zero-order valence-electron chi connectivity index (χ0n) is 12.3. The summed E-state index contributed by atoms with van der Waals surface area (Å²) in [5, 5.41) is 2.84. The maximum Gasteiger partial charge on any atom is 0.224 e. The summed E-state index contributed by atoms with van der Waals surface area (Å²) in [7, 11) is 1.58. The fourth-order valence-corrected chi connectivity index (χ4v) is 2.96. The lowest BCUT2D eigenvalue weighted by molar-refractivity contribution is -0.116. The Kier molecular flexibility index (Phi) is 5.22. The van der Waals surface area contributed by atoms with Gasteiger partial charge in [-0.05, 0) is 44.0 Å². The van der Waals surface area contributed by atoms with Gasteiger partial charge in [0.2, 0.25) is 5.91 Å². The Hall–Kier alpha value is -2.01. The summed E-state index contributed by atoms with van der Waals surface area (Å²) in [5.41, 5.74) is 6.99. The molecule has 1 aromatic heterocycles. The van der Waals surface area contributed by atoms with Gasteiger partial charge in [-0.3, -0.25) is 4.79 Å². The quantitative estimate of drug-likeness (QED) is 0.801. The van der Waals surface area contributed by atoms with E-state index in [2.05, 4.69) is 24.4 Å². The van der Waals surface area contributed by atoms with Gasteiger partial charge in [0.1, 0.15) is 5.75 Å². The van der Waals surface area contributed by atoms with E-state index in [9.17, 15) is 4.79 Å². The van der Waals surface area contributed by atoms with E-state index in [1.807, 2.05) is 0 Å². The molecule has 0 atom stereocenters. The van der Waals surface area contributed by atoms with E-state index in [0.29, 0.717) is 23.5 Å². The van der Waals surface area contributed by atoms with Crippen LogP contribution in [0.4, 0.5) is 11.4 Å². The molecule has 0 bridgehead atoms. The van der Waals surface area contributed by atoms with Gasteiger partial charge in [-0.1, -0.05) is 0 Å². The van der Waals surface area contributed by atoms with Crippen LogP contribution in [0, 0.1) is 6.92 Å². The number of anilines is 2. The van der Waals surface area contributed by atoms with Crippen LogP contribution in [-0.2, 0) is 11.2 Å². The number of nitrogens with one attached hydrogen (secondary N) is 1. The van der Waals surface area contributed by atoms with E-state index < -0.39 is 0 Å². The summed E-state index contributed by atoms with van der Waals surface area (Å²) >= 11 is 1.78.